The Kier molecular flexibility index (Phi) is 8.49. The van der Waals surface area contributed by atoms with E-state index in [-0.39, 0.29) is 5.75 Å². The summed E-state index contributed by atoms with van der Waals surface area (Å²) in [5.41, 5.74) is 0. The highest BCUT2D eigenvalue weighted by Crippen LogP contribution is 2.11. The van der Waals surface area contributed by atoms with Gasteiger partial charge in [0.1, 0.15) is 5.01 Å². The van der Waals surface area contributed by atoms with Gasteiger partial charge in [0.2, 0.25) is 10.0 Å². The third kappa shape index (κ3) is 6.84. The summed E-state index contributed by atoms with van der Waals surface area (Å²) in [5, 5.41) is 7.12. The quantitative estimate of drug-likeness (QED) is 0.509. The molecule has 9 heteroatoms. The smallest absolute Gasteiger partial charge is 0.215 e. The van der Waals surface area contributed by atoms with Crippen LogP contribution in [-0.4, -0.2) is 55.6 Å². The largest absolute Gasteiger partial charge is 0.357 e. The molecule has 0 aliphatic heterocycles. The summed E-state index contributed by atoms with van der Waals surface area (Å²) in [6.07, 6.45) is 1.83. The number of hydrogen-bond acceptors (Lipinski definition) is 5. The Hall–Kier alpha value is -1.19. The minimum absolute atomic E-state index is 0.0510. The van der Waals surface area contributed by atoms with Crippen LogP contribution in [0.4, 0.5) is 0 Å². The van der Waals surface area contributed by atoms with Gasteiger partial charge in [-0.25, -0.2) is 22.7 Å². The maximum atomic E-state index is 12.1. The lowest BCUT2D eigenvalue weighted by atomic mass is 10.6. The van der Waals surface area contributed by atoms with Crippen molar-refractivity contribution in [1.29, 1.82) is 0 Å². The molecule has 0 bridgehead atoms. The zero-order valence-corrected chi connectivity index (χ0v) is 15.9. The predicted octanol–water partition coefficient (Wildman–Crippen LogP) is 1.18. The lowest BCUT2D eigenvalue weighted by Gasteiger charge is -2.19. The molecular formula is C14H27N5O2S2. The van der Waals surface area contributed by atoms with Crippen molar-refractivity contribution in [1.82, 2.24) is 19.9 Å². The van der Waals surface area contributed by atoms with Gasteiger partial charge < -0.3 is 10.6 Å². The minimum Gasteiger partial charge on any atom is -0.357 e. The number of aromatic nitrogens is 1. The zero-order valence-electron chi connectivity index (χ0n) is 14.3. The second-order valence-electron chi connectivity index (χ2n) is 4.89. The van der Waals surface area contributed by atoms with Crippen molar-refractivity contribution in [3.8, 4) is 0 Å². The molecule has 0 fully saturated rings. The number of aryl methyl sites for hydroxylation is 1. The third-order valence-electron chi connectivity index (χ3n) is 3.14. The van der Waals surface area contributed by atoms with E-state index in [1.165, 1.54) is 4.31 Å². The fourth-order valence-corrected chi connectivity index (χ4v) is 4.12. The van der Waals surface area contributed by atoms with Crippen molar-refractivity contribution in [3.05, 3.63) is 16.1 Å². The monoisotopic (exact) mass is 361 g/mol. The molecule has 0 aliphatic carbocycles. The number of nitrogens with zero attached hydrogens (tertiary/aromatic N) is 3. The van der Waals surface area contributed by atoms with Gasteiger partial charge in [-0.2, -0.15) is 0 Å². The number of aliphatic imine (C=N–C) groups is 1. The van der Waals surface area contributed by atoms with Crippen LogP contribution in [0, 0.1) is 6.92 Å². The van der Waals surface area contributed by atoms with Gasteiger partial charge in [0.25, 0.3) is 0 Å². The lowest BCUT2D eigenvalue weighted by molar-refractivity contribution is 0.445. The van der Waals surface area contributed by atoms with Gasteiger partial charge in [0.15, 0.2) is 5.96 Å². The van der Waals surface area contributed by atoms with Crippen LogP contribution < -0.4 is 10.6 Å². The molecule has 0 aliphatic rings. The Morgan fingerprint density at radius 2 is 2.00 bits per heavy atom. The summed E-state index contributed by atoms with van der Waals surface area (Å²) in [5.74, 6) is 0.658. The average Bonchev–Trinajstić information content (AvgIpc) is 2.91. The van der Waals surface area contributed by atoms with Gasteiger partial charge >= 0.3 is 0 Å². The molecule has 0 atom stereocenters. The fourth-order valence-electron chi connectivity index (χ4n) is 2.01. The summed E-state index contributed by atoms with van der Waals surface area (Å²) in [4.78, 5) is 9.85. The lowest BCUT2D eigenvalue weighted by Crippen LogP contribution is -2.42. The maximum absolute atomic E-state index is 12.1. The first-order valence-electron chi connectivity index (χ1n) is 7.84. The molecule has 0 amide bonds. The molecule has 0 unspecified atom stereocenters. The number of thiazole rings is 1. The van der Waals surface area contributed by atoms with Crippen LogP contribution in [0.2, 0.25) is 0 Å². The fraction of sp³-hybridized carbons (Fsp3) is 0.714. The molecule has 0 spiro atoms. The van der Waals surface area contributed by atoms with E-state index in [1.807, 2.05) is 33.9 Å². The van der Waals surface area contributed by atoms with Gasteiger partial charge in [-0.3, -0.25) is 0 Å². The molecule has 132 valence electrons. The normalized spacial score (nSPS) is 12.7. The highest BCUT2D eigenvalue weighted by molar-refractivity contribution is 7.89. The molecule has 1 aromatic rings. The summed E-state index contributed by atoms with van der Waals surface area (Å²) in [6, 6.07) is 0. The van der Waals surface area contributed by atoms with Gasteiger partial charge in [-0.1, -0.05) is 13.8 Å². The minimum atomic E-state index is -3.22. The van der Waals surface area contributed by atoms with Crippen molar-refractivity contribution in [3.63, 3.8) is 0 Å². The second kappa shape index (κ2) is 9.84. The zero-order chi connectivity index (χ0) is 17.3. The average molecular weight is 362 g/mol. The van der Waals surface area contributed by atoms with E-state index in [4.69, 9.17) is 0 Å². The summed E-state index contributed by atoms with van der Waals surface area (Å²) < 4.78 is 25.7. The number of hydrogen-bond donors (Lipinski definition) is 2. The standard InChI is InChI=1S/C14H27N5O2S2/c1-5-15-14(18-11-13-17-10-12(4)22-13)16-8-9-23(20,21)19(6-2)7-3/h10H,5-9,11H2,1-4H3,(H2,15,16,18). The Morgan fingerprint density at radius 1 is 1.30 bits per heavy atom. The Morgan fingerprint density at radius 3 is 2.52 bits per heavy atom. The van der Waals surface area contributed by atoms with Crippen LogP contribution in [0.1, 0.15) is 30.7 Å². The van der Waals surface area contributed by atoms with E-state index < -0.39 is 10.0 Å². The van der Waals surface area contributed by atoms with Crippen LogP contribution >= 0.6 is 11.3 Å². The van der Waals surface area contributed by atoms with Crippen molar-refractivity contribution in [2.45, 2.75) is 34.2 Å². The first-order valence-corrected chi connectivity index (χ1v) is 10.3. The van der Waals surface area contributed by atoms with E-state index in [2.05, 4.69) is 20.6 Å². The van der Waals surface area contributed by atoms with Gasteiger partial charge in [0.05, 0.1) is 12.3 Å². The highest BCUT2D eigenvalue weighted by atomic mass is 32.2. The van der Waals surface area contributed by atoms with Gasteiger partial charge in [0, 0.05) is 37.3 Å². The van der Waals surface area contributed by atoms with Crippen LogP contribution in [0.15, 0.2) is 11.2 Å². The molecule has 0 saturated carbocycles. The molecule has 0 saturated heterocycles. The van der Waals surface area contributed by atoms with Crippen molar-refractivity contribution < 1.29 is 8.42 Å². The summed E-state index contributed by atoms with van der Waals surface area (Å²) in [7, 11) is -3.22. The molecule has 0 aromatic carbocycles. The van der Waals surface area contributed by atoms with Crippen LogP contribution in [-0.2, 0) is 16.6 Å². The predicted molar refractivity (Wildman–Crippen MR) is 96.4 cm³/mol. The van der Waals surface area contributed by atoms with E-state index in [0.29, 0.717) is 38.7 Å². The first kappa shape index (κ1) is 19.9. The molecule has 23 heavy (non-hydrogen) atoms. The van der Waals surface area contributed by atoms with Gasteiger partial charge in [-0.05, 0) is 13.8 Å². The van der Waals surface area contributed by atoms with E-state index in [1.54, 1.807) is 11.3 Å². The van der Waals surface area contributed by atoms with E-state index in [0.717, 1.165) is 9.88 Å². The van der Waals surface area contributed by atoms with E-state index in [9.17, 15) is 8.42 Å². The number of sulfonamides is 1. The topological polar surface area (TPSA) is 86.7 Å². The maximum Gasteiger partial charge on any atom is 0.215 e. The van der Waals surface area contributed by atoms with E-state index >= 15 is 0 Å². The molecule has 2 N–H and O–H groups in total. The number of rotatable bonds is 9. The number of guanidine groups is 1. The second-order valence-corrected chi connectivity index (χ2v) is 8.29. The van der Waals surface area contributed by atoms with Crippen LogP contribution in [0.3, 0.4) is 0 Å². The van der Waals surface area contributed by atoms with Crippen LogP contribution in [0.25, 0.3) is 0 Å². The highest BCUT2D eigenvalue weighted by Gasteiger charge is 2.18. The van der Waals surface area contributed by atoms with Crippen molar-refractivity contribution in [2.75, 3.05) is 31.9 Å². The van der Waals surface area contributed by atoms with Crippen LogP contribution in [0.5, 0.6) is 0 Å². The summed E-state index contributed by atoms with van der Waals surface area (Å²) in [6.45, 7) is 10.2. The van der Waals surface area contributed by atoms with Gasteiger partial charge in [-0.15, -0.1) is 11.3 Å². The molecule has 1 aromatic heterocycles. The molecule has 7 nitrogen and oxygen atoms in total. The third-order valence-corrected chi connectivity index (χ3v) is 6.06. The molecular weight excluding hydrogens is 334 g/mol. The first-order chi connectivity index (χ1) is 10.9. The SMILES string of the molecule is CCNC(=NCc1ncc(C)s1)NCCS(=O)(=O)N(CC)CC. The number of nitrogens with one attached hydrogen (secondary N) is 2. The molecule has 1 heterocycles. The molecule has 0 radical (unpaired) electrons. The Balaban J connectivity index is 2.56. The van der Waals surface area contributed by atoms with Crippen molar-refractivity contribution >= 4 is 27.3 Å². The summed E-state index contributed by atoms with van der Waals surface area (Å²) >= 11 is 1.61. The Labute approximate surface area is 143 Å². The Bertz CT molecular complexity index is 594. The van der Waals surface area contributed by atoms with Crippen molar-refractivity contribution in [2.24, 2.45) is 4.99 Å². The molecule has 1 rings (SSSR count).